The van der Waals surface area contributed by atoms with E-state index in [-0.39, 0.29) is 6.04 Å². The van der Waals surface area contributed by atoms with E-state index in [0.29, 0.717) is 19.8 Å². The van der Waals surface area contributed by atoms with E-state index in [1.807, 2.05) is 51.1 Å². The summed E-state index contributed by atoms with van der Waals surface area (Å²) in [5.74, 6) is 0. The molecule has 2 rings (SSSR count). The van der Waals surface area contributed by atoms with Crippen LogP contribution in [0.25, 0.3) is 0 Å². The Balaban J connectivity index is 2.29. The van der Waals surface area contributed by atoms with Gasteiger partial charge < -0.3 is 9.84 Å². The normalized spacial score (nSPS) is 18.0. The van der Waals surface area contributed by atoms with E-state index in [9.17, 15) is 9.90 Å². The molecule has 122 valence electrons. The van der Waals surface area contributed by atoms with Crippen LogP contribution in [0.1, 0.15) is 32.4 Å². The zero-order valence-electron chi connectivity index (χ0n) is 13.7. The van der Waals surface area contributed by atoms with E-state index in [1.165, 1.54) is 0 Å². The van der Waals surface area contributed by atoms with Gasteiger partial charge in [-0.05, 0) is 26.3 Å². The molecule has 0 bridgehead atoms. The first-order chi connectivity index (χ1) is 10.4. The molecule has 1 atom stereocenters. The highest BCUT2D eigenvalue weighted by molar-refractivity contribution is 5.67. The SMILES string of the molecule is CC(C)(C)N(C(=O)O)C(CN1CCOCC1)c1ccccc1. The van der Waals surface area contributed by atoms with Crippen LogP contribution in [0.4, 0.5) is 4.79 Å². The fraction of sp³-hybridized carbons (Fsp3) is 0.588. The Hall–Kier alpha value is -1.59. The van der Waals surface area contributed by atoms with E-state index in [4.69, 9.17) is 4.74 Å². The van der Waals surface area contributed by atoms with Gasteiger partial charge in [-0.2, -0.15) is 0 Å². The van der Waals surface area contributed by atoms with Gasteiger partial charge in [0.2, 0.25) is 0 Å². The molecular weight excluding hydrogens is 280 g/mol. The maximum absolute atomic E-state index is 11.9. The van der Waals surface area contributed by atoms with Gasteiger partial charge in [-0.1, -0.05) is 30.3 Å². The highest BCUT2D eigenvalue weighted by atomic mass is 16.5. The van der Waals surface area contributed by atoms with E-state index in [0.717, 1.165) is 18.7 Å². The fourth-order valence-corrected chi connectivity index (χ4v) is 2.93. The van der Waals surface area contributed by atoms with Crippen LogP contribution in [0, 0.1) is 0 Å². The highest BCUT2D eigenvalue weighted by Gasteiger charge is 2.35. The summed E-state index contributed by atoms with van der Waals surface area (Å²) in [4.78, 5) is 15.7. The molecule has 0 aliphatic carbocycles. The third-order valence-electron chi connectivity index (χ3n) is 3.96. The summed E-state index contributed by atoms with van der Waals surface area (Å²) in [5.41, 5.74) is 0.574. The average molecular weight is 306 g/mol. The van der Waals surface area contributed by atoms with Gasteiger partial charge >= 0.3 is 6.09 Å². The highest BCUT2D eigenvalue weighted by Crippen LogP contribution is 2.29. The van der Waals surface area contributed by atoms with Gasteiger partial charge in [-0.3, -0.25) is 9.80 Å². The third-order valence-corrected chi connectivity index (χ3v) is 3.96. The van der Waals surface area contributed by atoms with Gasteiger partial charge in [0, 0.05) is 25.2 Å². The molecule has 1 aliphatic heterocycles. The number of nitrogens with zero attached hydrogens (tertiary/aromatic N) is 2. The smallest absolute Gasteiger partial charge is 0.408 e. The van der Waals surface area contributed by atoms with E-state index >= 15 is 0 Å². The maximum atomic E-state index is 11.9. The number of carbonyl (C=O) groups is 1. The summed E-state index contributed by atoms with van der Waals surface area (Å²) in [6.45, 7) is 9.64. The minimum atomic E-state index is -0.880. The van der Waals surface area contributed by atoms with Gasteiger partial charge in [0.1, 0.15) is 0 Å². The van der Waals surface area contributed by atoms with Crippen molar-refractivity contribution < 1.29 is 14.6 Å². The molecule has 1 amide bonds. The summed E-state index contributed by atoms with van der Waals surface area (Å²) in [7, 11) is 0. The summed E-state index contributed by atoms with van der Waals surface area (Å²) in [5, 5.41) is 9.75. The molecule has 1 fully saturated rings. The van der Waals surface area contributed by atoms with E-state index in [2.05, 4.69) is 4.90 Å². The number of morpholine rings is 1. The van der Waals surface area contributed by atoms with Crippen molar-refractivity contribution in [2.24, 2.45) is 0 Å². The first-order valence-electron chi connectivity index (χ1n) is 7.77. The van der Waals surface area contributed by atoms with Crippen molar-refractivity contribution in [3.8, 4) is 0 Å². The summed E-state index contributed by atoms with van der Waals surface area (Å²) >= 11 is 0. The second-order valence-corrected chi connectivity index (χ2v) is 6.66. The lowest BCUT2D eigenvalue weighted by Gasteiger charge is -2.42. The van der Waals surface area contributed by atoms with Gasteiger partial charge in [0.15, 0.2) is 0 Å². The standard InChI is InChI=1S/C17H26N2O3/c1-17(2,3)19(16(20)21)15(14-7-5-4-6-8-14)13-18-9-11-22-12-10-18/h4-8,15H,9-13H2,1-3H3,(H,20,21). The number of hydrogen-bond acceptors (Lipinski definition) is 3. The third kappa shape index (κ3) is 4.21. The molecule has 0 aromatic heterocycles. The first-order valence-corrected chi connectivity index (χ1v) is 7.77. The van der Waals surface area contributed by atoms with Crippen molar-refractivity contribution in [1.82, 2.24) is 9.80 Å². The van der Waals surface area contributed by atoms with Crippen LogP contribution >= 0.6 is 0 Å². The molecule has 1 aromatic rings. The number of ether oxygens (including phenoxy) is 1. The second kappa shape index (κ2) is 7.11. The Labute approximate surface area is 132 Å². The Morgan fingerprint density at radius 2 is 1.86 bits per heavy atom. The number of carboxylic acid groups (broad SMARTS) is 1. The minimum absolute atomic E-state index is 0.184. The molecule has 1 heterocycles. The first kappa shape index (κ1) is 16.8. The summed E-state index contributed by atoms with van der Waals surface area (Å²) < 4.78 is 5.39. The Morgan fingerprint density at radius 3 is 2.36 bits per heavy atom. The molecule has 0 spiro atoms. The lowest BCUT2D eigenvalue weighted by atomic mass is 9.98. The van der Waals surface area contributed by atoms with Crippen LogP contribution in [-0.2, 0) is 4.74 Å². The number of rotatable bonds is 4. The molecule has 5 nitrogen and oxygen atoms in total. The predicted molar refractivity (Wildman–Crippen MR) is 86.1 cm³/mol. The monoisotopic (exact) mass is 306 g/mol. The van der Waals surface area contributed by atoms with Gasteiger partial charge in [0.25, 0.3) is 0 Å². The van der Waals surface area contributed by atoms with Crippen molar-refractivity contribution in [2.75, 3.05) is 32.8 Å². The Bertz CT molecular complexity index is 478. The van der Waals surface area contributed by atoms with E-state index in [1.54, 1.807) is 4.90 Å². The topological polar surface area (TPSA) is 53.0 Å². The van der Waals surface area contributed by atoms with Crippen LogP contribution in [-0.4, -0.2) is 59.4 Å². The van der Waals surface area contributed by atoms with Gasteiger partial charge in [0.05, 0.1) is 19.3 Å². The van der Waals surface area contributed by atoms with Gasteiger partial charge in [-0.15, -0.1) is 0 Å². The Morgan fingerprint density at radius 1 is 1.27 bits per heavy atom. The molecular formula is C17H26N2O3. The minimum Gasteiger partial charge on any atom is -0.465 e. The number of amides is 1. The zero-order chi connectivity index (χ0) is 16.2. The Kier molecular flexibility index (Phi) is 5.42. The fourth-order valence-electron chi connectivity index (χ4n) is 2.93. The number of benzene rings is 1. The molecule has 5 heteroatoms. The second-order valence-electron chi connectivity index (χ2n) is 6.66. The van der Waals surface area contributed by atoms with Crippen LogP contribution in [0.5, 0.6) is 0 Å². The molecule has 22 heavy (non-hydrogen) atoms. The molecule has 1 aliphatic rings. The maximum Gasteiger partial charge on any atom is 0.408 e. The average Bonchev–Trinajstić information content (AvgIpc) is 2.47. The summed E-state index contributed by atoms with van der Waals surface area (Å²) in [6.07, 6.45) is -0.880. The summed E-state index contributed by atoms with van der Waals surface area (Å²) in [6, 6.07) is 9.71. The van der Waals surface area contributed by atoms with Gasteiger partial charge in [-0.25, -0.2) is 4.79 Å². The van der Waals surface area contributed by atoms with Crippen molar-refractivity contribution in [1.29, 1.82) is 0 Å². The van der Waals surface area contributed by atoms with Crippen LogP contribution < -0.4 is 0 Å². The molecule has 1 saturated heterocycles. The van der Waals surface area contributed by atoms with E-state index < -0.39 is 11.6 Å². The van der Waals surface area contributed by atoms with Crippen molar-refractivity contribution in [3.63, 3.8) is 0 Å². The predicted octanol–water partition coefficient (Wildman–Crippen LogP) is 2.84. The molecule has 1 unspecified atom stereocenters. The van der Waals surface area contributed by atoms with Crippen LogP contribution in [0.3, 0.4) is 0 Å². The molecule has 1 N–H and O–H groups in total. The molecule has 0 saturated carbocycles. The number of hydrogen-bond donors (Lipinski definition) is 1. The molecule has 1 aromatic carbocycles. The van der Waals surface area contributed by atoms with Crippen molar-refractivity contribution in [3.05, 3.63) is 35.9 Å². The largest absolute Gasteiger partial charge is 0.465 e. The molecule has 0 radical (unpaired) electrons. The lowest BCUT2D eigenvalue weighted by Crippen LogP contribution is -2.51. The quantitative estimate of drug-likeness (QED) is 0.929. The lowest BCUT2D eigenvalue weighted by molar-refractivity contribution is 0.00986. The van der Waals surface area contributed by atoms with Crippen molar-refractivity contribution in [2.45, 2.75) is 32.4 Å². The van der Waals surface area contributed by atoms with Crippen molar-refractivity contribution >= 4 is 6.09 Å². The van der Waals surface area contributed by atoms with Crippen LogP contribution in [0.2, 0.25) is 0 Å². The zero-order valence-corrected chi connectivity index (χ0v) is 13.7. The van der Waals surface area contributed by atoms with Crippen LogP contribution in [0.15, 0.2) is 30.3 Å².